The lowest BCUT2D eigenvalue weighted by molar-refractivity contribution is 0.466. The van der Waals surface area contributed by atoms with Crippen LogP contribution in [0.25, 0.3) is 72.7 Å². The van der Waals surface area contributed by atoms with Crippen LogP contribution >= 0.6 is 0 Å². The Kier molecular flexibility index (Phi) is 9.88. The van der Waals surface area contributed by atoms with Gasteiger partial charge in [-0.1, -0.05) is 160 Å². The summed E-state index contributed by atoms with van der Waals surface area (Å²) in [5.41, 5.74) is 14.9. The van der Waals surface area contributed by atoms with Crippen molar-refractivity contribution in [2.75, 3.05) is 0 Å². The predicted octanol–water partition coefficient (Wildman–Crippen LogP) is 15.6. The van der Waals surface area contributed by atoms with Gasteiger partial charge in [-0.15, -0.1) is 0 Å². The van der Waals surface area contributed by atoms with Crippen LogP contribution in [0, 0.1) is 6.85 Å². The molecule has 0 aliphatic rings. The van der Waals surface area contributed by atoms with Crippen LogP contribution in [-0.2, 0) is 10.8 Å². The Hall–Kier alpha value is -6.26. The Morgan fingerprint density at radius 1 is 0.574 bits per heavy atom. The second kappa shape index (κ2) is 16.0. The number of hydrogen-bond donors (Lipinski definition) is 1. The van der Waals surface area contributed by atoms with Crippen LogP contribution in [0.4, 0.5) is 0 Å². The van der Waals surface area contributed by atoms with Gasteiger partial charge in [-0.25, -0.2) is 4.98 Å². The summed E-state index contributed by atoms with van der Waals surface area (Å²) >= 11 is 0. The number of phenols is 1. The van der Waals surface area contributed by atoms with E-state index in [1.54, 1.807) is 12.1 Å². The van der Waals surface area contributed by atoms with Crippen LogP contribution in [0.15, 0.2) is 140 Å². The number of fused-ring (bicyclic) bond motifs is 1. The molecule has 4 nitrogen and oxygen atoms in total. The maximum absolute atomic E-state index is 12.3. The first-order valence-corrected chi connectivity index (χ1v) is 21.5. The molecule has 0 unspecified atom stereocenters. The number of phenolic OH excluding ortho intramolecular Hbond substituents is 1. The summed E-state index contributed by atoms with van der Waals surface area (Å²) in [6.07, 6.45) is 1.88. The lowest BCUT2D eigenvalue weighted by Crippen LogP contribution is -2.11. The molecule has 0 saturated heterocycles. The van der Waals surface area contributed by atoms with Gasteiger partial charge in [0.15, 0.2) is 0 Å². The first-order valence-electron chi connectivity index (χ1n) is 23.0. The van der Waals surface area contributed by atoms with E-state index in [9.17, 15) is 5.11 Å². The summed E-state index contributed by atoms with van der Waals surface area (Å²) in [4.78, 5) is 10.5. The SMILES string of the molecule is [2H]C([2H])([2H])c1ccc(-n2c(-c3cc(C(C)C)cc(C(C)C)c3O)nc3c(-c4cc(-c5cc(-c6ccccc6)ccn5)cc(C(C)(C)C)c4)cccc32)c(-c2ccc(C(C)(C)C)cc2)c1. The molecule has 4 heteroatoms. The summed E-state index contributed by atoms with van der Waals surface area (Å²) in [7, 11) is 0. The Balaban J connectivity index is 1.45. The average Bonchev–Trinajstić information content (AvgIpc) is 3.65. The quantitative estimate of drug-likeness (QED) is 0.166. The number of imidazole rings is 1. The number of hydrogen-bond acceptors (Lipinski definition) is 3. The van der Waals surface area contributed by atoms with Gasteiger partial charge >= 0.3 is 0 Å². The number of rotatable bonds is 8. The van der Waals surface area contributed by atoms with E-state index in [1.807, 2.05) is 18.3 Å². The van der Waals surface area contributed by atoms with Crippen molar-refractivity contribution in [1.29, 1.82) is 0 Å². The fourth-order valence-corrected chi connectivity index (χ4v) is 8.26. The normalized spacial score (nSPS) is 13.1. The van der Waals surface area contributed by atoms with Gasteiger partial charge in [0.25, 0.3) is 0 Å². The Morgan fingerprint density at radius 2 is 1.30 bits per heavy atom. The summed E-state index contributed by atoms with van der Waals surface area (Å²) in [6.45, 7) is 19.4. The molecule has 0 spiro atoms. The first-order chi connectivity index (χ1) is 30.2. The van der Waals surface area contributed by atoms with Gasteiger partial charge in [0.05, 0.1) is 28.0 Å². The fraction of sp³-hybridized carbons (Fsp3) is 0.263. The van der Waals surface area contributed by atoms with E-state index in [0.29, 0.717) is 11.4 Å². The van der Waals surface area contributed by atoms with E-state index in [4.69, 9.17) is 14.1 Å². The smallest absolute Gasteiger partial charge is 0.149 e. The van der Waals surface area contributed by atoms with Gasteiger partial charge in [-0.2, -0.15) is 0 Å². The molecule has 308 valence electrons. The molecule has 6 aromatic carbocycles. The van der Waals surface area contributed by atoms with Gasteiger partial charge in [0.1, 0.15) is 11.6 Å². The number of aryl methyl sites for hydroxylation is 1. The highest BCUT2D eigenvalue weighted by atomic mass is 16.3. The van der Waals surface area contributed by atoms with Crippen LogP contribution in [0.5, 0.6) is 5.75 Å². The van der Waals surface area contributed by atoms with Gasteiger partial charge in [0, 0.05) is 27.0 Å². The minimum absolute atomic E-state index is 0.0499. The van der Waals surface area contributed by atoms with Crippen LogP contribution < -0.4 is 0 Å². The molecule has 0 radical (unpaired) electrons. The van der Waals surface area contributed by atoms with E-state index in [1.165, 1.54) is 5.56 Å². The molecule has 2 heterocycles. The van der Waals surface area contributed by atoms with Crippen LogP contribution in [0.1, 0.15) is 113 Å². The molecule has 0 aliphatic heterocycles. The van der Waals surface area contributed by atoms with Gasteiger partial charge in [-0.05, 0) is 123 Å². The Morgan fingerprint density at radius 3 is 1.97 bits per heavy atom. The number of pyridine rings is 1. The van der Waals surface area contributed by atoms with Gasteiger partial charge in [0.2, 0.25) is 0 Å². The molecule has 61 heavy (non-hydrogen) atoms. The van der Waals surface area contributed by atoms with E-state index in [2.05, 4.69) is 183 Å². The second-order valence-electron chi connectivity index (χ2n) is 19.2. The lowest BCUT2D eigenvalue weighted by atomic mass is 9.83. The number of para-hydroxylation sites is 1. The summed E-state index contributed by atoms with van der Waals surface area (Å²) in [5.74, 6) is 0.999. The van der Waals surface area contributed by atoms with Gasteiger partial charge in [-0.3, -0.25) is 9.55 Å². The average molecular weight is 805 g/mol. The van der Waals surface area contributed by atoms with Crippen molar-refractivity contribution in [3.8, 4) is 67.5 Å². The third-order valence-electron chi connectivity index (χ3n) is 11.9. The summed E-state index contributed by atoms with van der Waals surface area (Å²) in [5, 5.41) is 12.3. The number of nitrogens with zero attached hydrogens (tertiary/aromatic N) is 3. The Labute approximate surface area is 367 Å². The molecule has 0 saturated carbocycles. The third kappa shape index (κ3) is 8.16. The summed E-state index contributed by atoms with van der Waals surface area (Å²) in [6, 6.07) is 45.6. The van der Waals surface area contributed by atoms with E-state index >= 15 is 0 Å². The molecule has 1 N–H and O–H groups in total. The Bertz CT molecular complexity index is 3000. The van der Waals surface area contributed by atoms with E-state index in [-0.39, 0.29) is 34.0 Å². The van der Waals surface area contributed by atoms with Crippen molar-refractivity contribution in [1.82, 2.24) is 14.5 Å². The predicted molar refractivity (Wildman–Crippen MR) is 258 cm³/mol. The molecule has 0 atom stereocenters. The number of benzene rings is 6. The highest BCUT2D eigenvalue weighted by Gasteiger charge is 2.26. The van der Waals surface area contributed by atoms with Crippen molar-refractivity contribution in [3.05, 3.63) is 167 Å². The fourth-order valence-electron chi connectivity index (χ4n) is 8.26. The zero-order chi connectivity index (χ0) is 45.9. The summed E-state index contributed by atoms with van der Waals surface area (Å²) < 4.78 is 27.5. The highest BCUT2D eigenvalue weighted by molar-refractivity contribution is 5.98. The maximum Gasteiger partial charge on any atom is 0.149 e. The van der Waals surface area contributed by atoms with Crippen LogP contribution in [0.2, 0.25) is 0 Å². The standard InChI is InChI=1S/C57H59N3O/c1-35(2)41-32-47(36(3)4)54(61)49(33-41)55-59-53-46(42-29-43(31-45(30-42)57(9,10)11)50-34-40(26-27-58-50)38-16-13-12-14-17-38)18-15-19-52(53)60(55)51-25-20-37(5)28-48(51)39-21-23-44(24-22-39)56(6,7)8/h12-36,61H,1-11H3/i5D3. The van der Waals surface area contributed by atoms with Crippen molar-refractivity contribution < 1.29 is 9.22 Å². The molecule has 0 bridgehead atoms. The minimum atomic E-state index is -2.33. The third-order valence-corrected chi connectivity index (χ3v) is 11.9. The van der Waals surface area contributed by atoms with Crippen molar-refractivity contribution in [3.63, 3.8) is 0 Å². The second-order valence-corrected chi connectivity index (χ2v) is 19.2. The zero-order valence-corrected chi connectivity index (χ0v) is 37.2. The molecular weight excluding hydrogens is 743 g/mol. The van der Waals surface area contributed by atoms with E-state index < -0.39 is 6.85 Å². The van der Waals surface area contributed by atoms with E-state index in [0.717, 1.165) is 78.0 Å². The molecule has 0 aliphatic carbocycles. The van der Waals surface area contributed by atoms with Crippen molar-refractivity contribution in [2.45, 2.75) is 98.8 Å². The number of aromatic hydroxyl groups is 1. The number of aromatic nitrogens is 3. The maximum atomic E-state index is 12.3. The molecule has 2 aromatic heterocycles. The van der Waals surface area contributed by atoms with Crippen molar-refractivity contribution >= 4 is 11.0 Å². The molecular formula is C57H59N3O. The molecule has 0 amide bonds. The minimum Gasteiger partial charge on any atom is -0.507 e. The monoisotopic (exact) mass is 804 g/mol. The van der Waals surface area contributed by atoms with Gasteiger partial charge < -0.3 is 5.11 Å². The van der Waals surface area contributed by atoms with Crippen LogP contribution in [0.3, 0.4) is 0 Å². The van der Waals surface area contributed by atoms with Crippen LogP contribution in [-0.4, -0.2) is 19.6 Å². The highest BCUT2D eigenvalue weighted by Crippen LogP contribution is 2.44. The zero-order valence-electron chi connectivity index (χ0n) is 40.2. The van der Waals surface area contributed by atoms with Crippen molar-refractivity contribution in [2.24, 2.45) is 0 Å². The molecule has 0 fully saturated rings. The molecule has 8 aromatic rings. The first kappa shape index (κ1) is 37.7. The molecule has 8 rings (SSSR count). The topological polar surface area (TPSA) is 50.9 Å². The lowest BCUT2D eigenvalue weighted by Gasteiger charge is -2.22. The largest absolute Gasteiger partial charge is 0.507 e.